The lowest BCUT2D eigenvalue weighted by Crippen LogP contribution is -2.29. The topological polar surface area (TPSA) is 74.7 Å². The van der Waals surface area contributed by atoms with E-state index >= 15 is 0 Å². The van der Waals surface area contributed by atoms with Gasteiger partial charge in [-0.25, -0.2) is 17.5 Å². The van der Waals surface area contributed by atoms with Crippen LogP contribution in [-0.4, -0.2) is 49.4 Å². The zero-order valence-corrected chi connectivity index (χ0v) is 14.0. The molecule has 0 saturated heterocycles. The zero-order valence-electron chi connectivity index (χ0n) is 11.6. The predicted molar refractivity (Wildman–Crippen MR) is 87.0 cm³/mol. The summed E-state index contributed by atoms with van der Waals surface area (Å²) in [4.78, 5) is 11.2. The fourth-order valence-electron chi connectivity index (χ4n) is 1.91. The predicted octanol–water partition coefficient (Wildman–Crippen LogP) is 2.58. The van der Waals surface area contributed by atoms with Gasteiger partial charge in [-0.05, 0) is 12.3 Å². The lowest BCUT2D eigenvalue weighted by molar-refractivity contribution is 0.0698. The van der Waals surface area contributed by atoms with Gasteiger partial charge in [0, 0.05) is 29.4 Å². The Hall–Kier alpha value is -1.09. The SMILES string of the molecule is CSCCN(C)S(=O)(=O)c1c(C(=O)O)sc2ccccc12. The van der Waals surface area contributed by atoms with Crippen LogP contribution < -0.4 is 0 Å². The molecule has 8 heteroatoms. The molecule has 0 bridgehead atoms. The largest absolute Gasteiger partial charge is 0.477 e. The molecular formula is C13H15NO4S3. The minimum Gasteiger partial charge on any atom is -0.477 e. The molecule has 114 valence electrons. The smallest absolute Gasteiger partial charge is 0.347 e. The van der Waals surface area contributed by atoms with Crippen LogP contribution in [0.2, 0.25) is 0 Å². The van der Waals surface area contributed by atoms with E-state index in [1.165, 1.54) is 23.1 Å². The summed E-state index contributed by atoms with van der Waals surface area (Å²) in [6, 6.07) is 6.85. The molecule has 0 radical (unpaired) electrons. The average Bonchev–Trinajstić information content (AvgIpc) is 2.84. The standard InChI is InChI=1S/C13H15NO4S3/c1-14(7-8-19-2)21(17,18)12-9-5-3-4-6-10(9)20-11(12)13(15)16/h3-6H,7-8H2,1-2H3,(H,15,16). The first-order valence-corrected chi connectivity index (χ1v) is 9.74. The third-order valence-electron chi connectivity index (χ3n) is 3.02. The molecule has 1 aromatic carbocycles. The van der Waals surface area contributed by atoms with Crippen LogP contribution in [-0.2, 0) is 10.0 Å². The Morgan fingerprint density at radius 3 is 2.67 bits per heavy atom. The summed E-state index contributed by atoms with van der Waals surface area (Å²) >= 11 is 2.53. The average molecular weight is 345 g/mol. The monoisotopic (exact) mass is 345 g/mol. The number of rotatable bonds is 6. The number of carboxylic acid groups (broad SMARTS) is 1. The normalized spacial score (nSPS) is 12.1. The van der Waals surface area contributed by atoms with Crippen molar-refractivity contribution in [2.45, 2.75) is 4.90 Å². The number of thiophene rings is 1. The summed E-state index contributed by atoms with van der Waals surface area (Å²) in [7, 11) is -2.34. The molecule has 0 spiro atoms. The van der Waals surface area contributed by atoms with E-state index in [0.29, 0.717) is 22.4 Å². The molecule has 2 rings (SSSR count). The maximum atomic E-state index is 12.7. The van der Waals surface area contributed by atoms with Crippen LogP contribution >= 0.6 is 23.1 Å². The summed E-state index contributed by atoms with van der Waals surface area (Å²) in [5, 5.41) is 9.78. The molecule has 5 nitrogen and oxygen atoms in total. The van der Waals surface area contributed by atoms with E-state index in [0.717, 1.165) is 11.3 Å². The molecule has 21 heavy (non-hydrogen) atoms. The van der Waals surface area contributed by atoms with Crippen LogP contribution in [0.4, 0.5) is 0 Å². The number of carboxylic acids is 1. The lowest BCUT2D eigenvalue weighted by atomic mass is 10.2. The summed E-state index contributed by atoms with van der Waals surface area (Å²) in [6.45, 7) is 0.340. The van der Waals surface area contributed by atoms with Gasteiger partial charge in [-0.15, -0.1) is 11.3 Å². The second-order valence-corrected chi connectivity index (χ2v) is 8.40. The van der Waals surface area contributed by atoms with E-state index in [1.807, 2.05) is 6.26 Å². The van der Waals surface area contributed by atoms with Crippen molar-refractivity contribution in [2.75, 3.05) is 25.6 Å². The van der Waals surface area contributed by atoms with Crippen LogP contribution in [0, 0.1) is 0 Å². The number of benzene rings is 1. The Labute approximate surface area is 131 Å². The Morgan fingerprint density at radius 1 is 1.38 bits per heavy atom. The van der Waals surface area contributed by atoms with Gasteiger partial charge in [0.25, 0.3) is 0 Å². The van der Waals surface area contributed by atoms with Crippen LogP contribution in [0.3, 0.4) is 0 Å². The molecule has 0 aliphatic heterocycles. The van der Waals surface area contributed by atoms with Gasteiger partial charge in [0.15, 0.2) is 0 Å². The minimum absolute atomic E-state index is 0.0980. The Bertz CT molecular complexity index is 767. The van der Waals surface area contributed by atoms with Crippen molar-refractivity contribution in [3.05, 3.63) is 29.1 Å². The van der Waals surface area contributed by atoms with E-state index in [9.17, 15) is 18.3 Å². The van der Waals surface area contributed by atoms with Crippen molar-refractivity contribution < 1.29 is 18.3 Å². The second kappa shape index (κ2) is 6.35. The molecule has 0 unspecified atom stereocenters. The third-order valence-corrected chi connectivity index (χ3v) is 6.84. The highest BCUT2D eigenvalue weighted by molar-refractivity contribution is 7.98. The summed E-state index contributed by atoms with van der Waals surface area (Å²) in [5.74, 6) is -0.562. The van der Waals surface area contributed by atoms with Gasteiger partial charge < -0.3 is 5.11 Å². The number of aromatic carboxylic acids is 1. The number of carbonyl (C=O) groups is 1. The van der Waals surface area contributed by atoms with Gasteiger partial charge in [0.2, 0.25) is 10.0 Å². The highest BCUT2D eigenvalue weighted by Crippen LogP contribution is 2.36. The number of hydrogen-bond donors (Lipinski definition) is 1. The van der Waals surface area contributed by atoms with E-state index in [-0.39, 0.29) is 9.77 Å². The molecule has 0 atom stereocenters. The summed E-state index contributed by atoms with van der Waals surface area (Å²) in [6.07, 6.45) is 1.89. The van der Waals surface area contributed by atoms with Gasteiger partial charge in [-0.3, -0.25) is 0 Å². The fourth-order valence-corrected chi connectivity index (χ4v) is 5.35. The maximum Gasteiger partial charge on any atom is 0.347 e. The minimum atomic E-state index is -3.82. The highest BCUT2D eigenvalue weighted by atomic mass is 32.2. The Kier molecular flexibility index (Phi) is 4.92. The van der Waals surface area contributed by atoms with Crippen molar-refractivity contribution in [3.63, 3.8) is 0 Å². The molecule has 1 aromatic heterocycles. The second-order valence-electron chi connectivity index (χ2n) is 4.38. The van der Waals surface area contributed by atoms with Crippen LogP contribution in [0.15, 0.2) is 29.2 Å². The van der Waals surface area contributed by atoms with Crippen LogP contribution in [0.5, 0.6) is 0 Å². The quantitative estimate of drug-likeness (QED) is 0.871. The first-order valence-electron chi connectivity index (χ1n) is 6.09. The molecule has 0 aliphatic carbocycles. The van der Waals surface area contributed by atoms with E-state index in [2.05, 4.69) is 0 Å². The number of hydrogen-bond acceptors (Lipinski definition) is 5. The Morgan fingerprint density at radius 2 is 2.05 bits per heavy atom. The van der Waals surface area contributed by atoms with Gasteiger partial charge >= 0.3 is 5.97 Å². The molecule has 0 saturated carbocycles. The summed E-state index contributed by atoms with van der Waals surface area (Å²) < 4.78 is 27.3. The van der Waals surface area contributed by atoms with Gasteiger partial charge in [-0.1, -0.05) is 18.2 Å². The van der Waals surface area contributed by atoms with Gasteiger partial charge in [0.05, 0.1) is 0 Å². The molecule has 0 aliphatic rings. The van der Waals surface area contributed by atoms with Crippen molar-refractivity contribution in [2.24, 2.45) is 0 Å². The van der Waals surface area contributed by atoms with Gasteiger partial charge in [0.1, 0.15) is 9.77 Å². The number of thioether (sulfide) groups is 1. The van der Waals surface area contributed by atoms with Crippen molar-refractivity contribution in [1.29, 1.82) is 0 Å². The zero-order chi connectivity index (χ0) is 15.6. The highest BCUT2D eigenvalue weighted by Gasteiger charge is 2.31. The molecule has 0 amide bonds. The molecular weight excluding hydrogens is 330 g/mol. The van der Waals surface area contributed by atoms with Crippen molar-refractivity contribution >= 4 is 49.2 Å². The van der Waals surface area contributed by atoms with Crippen LogP contribution in [0.25, 0.3) is 10.1 Å². The van der Waals surface area contributed by atoms with E-state index < -0.39 is 16.0 Å². The summed E-state index contributed by atoms with van der Waals surface area (Å²) in [5.41, 5.74) is 0. The van der Waals surface area contributed by atoms with E-state index in [4.69, 9.17) is 0 Å². The molecule has 0 fully saturated rings. The molecule has 1 heterocycles. The fraction of sp³-hybridized carbons (Fsp3) is 0.308. The maximum absolute atomic E-state index is 12.7. The first kappa shape index (κ1) is 16.3. The Balaban J connectivity index is 2.63. The van der Waals surface area contributed by atoms with Crippen molar-refractivity contribution in [3.8, 4) is 0 Å². The van der Waals surface area contributed by atoms with Crippen LogP contribution in [0.1, 0.15) is 9.67 Å². The number of nitrogens with zero attached hydrogens (tertiary/aromatic N) is 1. The van der Waals surface area contributed by atoms with E-state index in [1.54, 1.807) is 24.3 Å². The lowest BCUT2D eigenvalue weighted by Gasteiger charge is -2.16. The number of sulfonamides is 1. The van der Waals surface area contributed by atoms with Gasteiger partial charge in [-0.2, -0.15) is 11.8 Å². The molecule has 2 aromatic rings. The first-order chi connectivity index (χ1) is 9.89. The number of fused-ring (bicyclic) bond motifs is 1. The third kappa shape index (κ3) is 3.08. The molecule has 1 N–H and O–H groups in total. The van der Waals surface area contributed by atoms with Crippen molar-refractivity contribution in [1.82, 2.24) is 4.31 Å².